The van der Waals surface area contributed by atoms with Crippen LogP contribution in [0.3, 0.4) is 0 Å². The van der Waals surface area contributed by atoms with Gasteiger partial charge in [-0.2, -0.15) is 0 Å². The molecule has 0 spiro atoms. The van der Waals surface area contributed by atoms with Gasteiger partial charge in [-0.1, -0.05) is 48.5 Å². The minimum Gasteiger partial charge on any atom is -0.481 e. The van der Waals surface area contributed by atoms with Gasteiger partial charge in [-0.3, -0.25) is 4.79 Å². The van der Waals surface area contributed by atoms with E-state index in [0.717, 1.165) is 0 Å². The van der Waals surface area contributed by atoms with Gasteiger partial charge in [0.05, 0.1) is 16.8 Å². The molecule has 0 aromatic heterocycles. The van der Waals surface area contributed by atoms with Crippen LogP contribution in [-0.2, 0) is 14.6 Å². The Morgan fingerprint density at radius 1 is 1.00 bits per heavy atom. The van der Waals surface area contributed by atoms with Crippen LogP contribution in [0.4, 0.5) is 0 Å². The first-order chi connectivity index (χ1) is 11.0. The Kier molecular flexibility index (Phi) is 3.74. The molecule has 1 fully saturated rings. The molecule has 2 aromatic carbocycles. The van der Waals surface area contributed by atoms with Crippen molar-refractivity contribution in [2.75, 3.05) is 6.61 Å². The number of aliphatic hydroxyl groups is 1. The van der Waals surface area contributed by atoms with E-state index >= 15 is 0 Å². The van der Waals surface area contributed by atoms with Gasteiger partial charge in [0.15, 0.2) is 9.84 Å². The van der Waals surface area contributed by atoms with Gasteiger partial charge in [-0.25, -0.2) is 8.42 Å². The smallest absolute Gasteiger partial charge is 0.314 e. The second-order valence-electron chi connectivity index (χ2n) is 5.67. The third kappa shape index (κ3) is 2.26. The predicted octanol–water partition coefficient (Wildman–Crippen LogP) is 1.69. The lowest BCUT2D eigenvalue weighted by atomic mass is 10.0. The number of aliphatic hydroxyl groups excluding tert-OH is 1. The summed E-state index contributed by atoms with van der Waals surface area (Å²) in [6.45, 7) is -0.724. The van der Waals surface area contributed by atoms with E-state index in [1.54, 1.807) is 48.5 Å². The predicted molar refractivity (Wildman–Crippen MR) is 83.8 cm³/mol. The van der Waals surface area contributed by atoms with Crippen molar-refractivity contribution in [2.24, 2.45) is 5.41 Å². The first-order valence-corrected chi connectivity index (χ1v) is 8.69. The molecule has 0 amide bonds. The molecule has 0 radical (unpaired) electrons. The maximum atomic E-state index is 12.9. The van der Waals surface area contributed by atoms with Gasteiger partial charge in [-0.15, -0.1) is 0 Å². The summed E-state index contributed by atoms with van der Waals surface area (Å²) in [5, 5.41) is 18.1. The molecule has 1 saturated carbocycles. The zero-order valence-electron chi connectivity index (χ0n) is 12.2. The van der Waals surface area contributed by atoms with Crippen LogP contribution in [0.25, 0.3) is 0 Å². The van der Waals surface area contributed by atoms with Crippen LogP contribution in [0.2, 0.25) is 0 Å². The molecule has 0 unspecified atom stereocenters. The lowest BCUT2D eigenvalue weighted by Gasteiger charge is -2.09. The van der Waals surface area contributed by atoms with Crippen molar-refractivity contribution in [1.82, 2.24) is 0 Å². The fourth-order valence-corrected chi connectivity index (χ4v) is 5.65. The van der Waals surface area contributed by atoms with Crippen molar-refractivity contribution in [2.45, 2.75) is 16.1 Å². The van der Waals surface area contributed by atoms with Crippen molar-refractivity contribution >= 4 is 15.8 Å². The van der Waals surface area contributed by atoms with Crippen LogP contribution in [-0.4, -0.2) is 36.5 Å². The maximum absolute atomic E-state index is 12.9. The third-order valence-corrected chi connectivity index (χ3v) is 6.77. The number of carboxylic acids is 1. The van der Waals surface area contributed by atoms with Crippen LogP contribution >= 0.6 is 0 Å². The Bertz CT molecular complexity index is 817. The van der Waals surface area contributed by atoms with E-state index in [1.807, 2.05) is 0 Å². The SMILES string of the molecule is O=C(O)[C@]1(CO)[C@H](c2ccccc2)[C@@H]1S(=O)(=O)c1ccccc1. The van der Waals surface area contributed by atoms with Crippen molar-refractivity contribution in [3.05, 3.63) is 66.2 Å². The highest BCUT2D eigenvalue weighted by atomic mass is 32.2. The molecule has 5 nitrogen and oxygen atoms in total. The number of sulfone groups is 1. The van der Waals surface area contributed by atoms with Gasteiger partial charge in [0.1, 0.15) is 5.41 Å². The highest BCUT2D eigenvalue weighted by Gasteiger charge is 2.75. The number of carbonyl (C=O) groups is 1. The lowest BCUT2D eigenvalue weighted by Crippen LogP contribution is -2.27. The second-order valence-corrected chi connectivity index (χ2v) is 7.74. The zero-order valence-corrected chi connectivity index (χ0v) is 13.0. The molecule has 3 rings (SSSR count). The maximum Gasteiger partial charge on any atom is 0.314 e. The summed E-state index contributed by atoms with van der Waals surface area (Å²) in [5.74, 6) is -2.06. The van der Waals surface area contributed by atoms with Gasteiger partial charge >= 0.3 is 5.97 Å². The summed E-state index contributed by atoms with van der Waals surface area (Å²) in [6.07, 6.45) is 0. The van der Waals surface area contributed by atoms with Crippen LogP contribution in [0.15, 0.2) is 65.6 Å². The summed E-state index contributed by atoms with van der Waals surface area (Å²) >= 11 is 0. The quantitative estimate of drug-likeness (QED) is 0.869. The van der Waals surface area contributed by atoms with E-state index in [9.17, 15) is 23.4 Å². The minimum absolute atomic E-state index is 0.0718. The normalized spacial score (nSPS) is 26.7. The van der Waals surface area contributed by atoms with Crippen LogP contribution in [0, 0.1) is 5.41 Å². The zero-order chi connectivity index (χ0) is 16.7. The minimum atomic E-state index is -3.87. The Labute approximate surface area is 134 Å². The number of hydrogen-bond donors (Lipinski definition) is 2. The van der Waals surface area contributed by atoms with Gasteiger partial charge in [-0.05, 0) is 17.7 Å². The molecule has 120 valence electrons. The average molecular weight is 332 g/mol. The lowest BCUT2D eigenvalue weighted by molar-refractivity contribution is -0.145. The van der Waals surface area contributed by atoms with E-state index in [-0.39, 0.29) is 4.90 Å². The average Bonchev–Trinajstić information content (AvgIpc) is 3.28. The molecule has 0 bridgehead atoms. The molecule has 2 aromatic rings. The molecular formula is C17H16O5S. The van der Waals surface area contributed by atoms with Crippen molar-refractivity contribution < 1.29 is 23.4 Å². The highest BCUT2D eigenvalue weighted by molar-refractivity contribution is 7.92. The van der Waals surface area contributed by atoms with E-state index in [0.29, 0.717) is 5.56 Å². The van der Waals surface area contributed by atoms with Gasteiger partial charge in [0, 0.05) is 5.92 Å². The topological polar surface area (TPSA) is 91.7 Å². The van der Waals surface area contributed by atoms with Gasteiger partial charge < -0.3 is 10.2 Å². The molecule has 1 aliphatic rings. The molecule has 0 heterocycles. The third-order valence-electron chi connectivity index (χ3n) is 4.48. The largest absolute Gasteiger partial charge is 0.481 e. The number of benzene rings is 2. The fraction of sp³-hybridized carbons (Fsp3) is 0.235. The molecule has 3 atom stereocenters. The number of rotatable bonds is 5. The number of aliphatic carboxylic acids is 1. The van der Waals surface area contributed by atoms with Crippen LogP contribution < -0.4 is 0 Å². The number of hydrogen-bond acceptors (Lipinski definition) is 4. The first kappa shape index (κ1) is 15.7. The van der Waals surface area contributed by atoms with Gasteiger partial charge in [0.25, 0.3) is 0 Å². The van der Waals surface area contributed by atoms with E-state index in [2.05, 4.69) is 0 Å². The summed E-state index contributed by atoms with van der Waals surface area (Å²) in [6, 6.07) is 16.4. The summed E-state index contributed by atoms with van der Waals surface area (Å²) in [4.78, 5) is 11.8. The molecular weight excluding hydrogens is 316 g/mol. The Morgan fingerprint density at radius 2 is 1.52 bits per heavy atom. The monoisotopic (exact) mass is 332 g/mol. The van der Waals surface area contributed by atoms with Crippen LogP contribution in [0.5, 0.6) is 0 Å². The first-order valence-electron chi connectivity index (χ1n) is 7.14. The Hall–Kier alpha value is -2.18. The fourth-order valence-electron chi connectivity index (χ4n) is 3.26. The van der Waals surface area contributed by atoms with Gasteiger partial charge in [0.2, 0.25) is 0 Å². The van der Waals surface area contributed by atoms with E-state index in [1.165, 1.54) is 12.1 Å². The van der Waals surface area contributed by atoms with E-state index < -0.39 is 39.0 Å². The van der Waals surface area contributed by atoms with E-state index in [4.69, 9.17) is 0 Å². The number of carboxylic acid groups (broad SMARTS) is 1. The molecule has 0 saturated heterocycles. The highest BCUT2D eigenvalue weighted by Crippen LogP contribution is 2.63. The summed E-state index contributed by atoms with van der Waals surface area (Å²) < 4.78 is 25.8. The standard InChI is InChI=1S/C17H16O5S/c18-11-17(16(19)20)14(12-7-3-1-4-8-12)15(17)23(21,22)13-9-5-2-6-10-13/h1-10,14-15,18H,11H2,(H,19,20)/t14-,15+,17-/m1/s1. The molecule has 23 heavy (non-hydrogen) atoms. The summed E-state index contributed by atoms with van der Waals surface area (Å²) in [7, 11) is -3.87. The molecule has 2 N–H and O–H groups in total. The molecule has 1 aliphatic carbocycles. The molecule has 0 aliphatic heterocycles. The Balaban J connectivity index is 2.12. The molecule has 6 heteroatoms. The Morgan fingerprint density at radius 3 is 2.00 bits per heavy atom. The van der Waals surface area contributed by atoms with Crippen molar-refractivity contribution in [3.8, 4) is 0 Å². The second kappa shape index (κ2) is 5.47. The summed E-state index contributed by atoms with van der Waals surface area (Å²) in [5.41, 5.74) is -1.09. The van der Waals surface area contributed by atoms with Crippen molar-refractivity contribution in [1.29, 1.82) is 0 Å². The van der Waals surface area contributed by atoms with Crippen LogP contribution in [0.1, 0.15) is 11.5 Å². The van der Waals surface area contributed by atoms with Crippen molar-refractivity contribution in [3.63, 3.8) is 0 Å².